The minimum atomic E-state index is 0.498. The number of hydrogen-bond acceptors (Lipinski definition) is 1. The van der Waals surface area contributed by atoms with Crippen molar-refractivity contribution in [2.45, 2.75) is 52.0 Å². The van der Waals surface area contributed by atoms with Gasteiger partial charge in [0.1, 0.15) is 0 Å². The first kappa shape index (κ1) is 8.55. The van der Waals surface area contributed by atoms with Crippen molar-refractivity contribution in [1.29, 1.82) is 0 Å². The second-order valence-corrected chi connectivity index (χ2v) is 5.05. The zero-order valence-electron chi connectivity index (χ0n) is 8.34. The third-order valence-corrected chi connectivity index (χ3v) is 4.46. The summed E-state index contributed by atoms with van der Waals surface area (Å²) in [6, 6.07) is 0.510. The van der Waals surface area contributed by atoms with Crippen molar-refractivity contribution in [2.24, 2.45) is 23.0 Å². The molecule has 0 unspecified atom stereocenters. The van der Waals surface area contributed by atoms with Crippen LogP contribution in [0.25, 0.3) is 0 Å². The Kier molecular flexibility index (Phi) is 1.95. The van der Waals surface area contributed by atoms with Gasteiger partial charge in [-0.25, -0.2) is 0 Å². The molecule has 0 aromatic rings. The maximum Gasteiger partial charge on any atom is 0.0124 e. The molecule has 0 amide bonds. The molecule has 12 heavy (non-hydrogen) atoms. The van der Waals surface area contributed by atoms with E-state index < -0.39 is 0 Å². The van der Waals surface area contributed by atoms with Gasteiger partial charge in [0.25, 0.3) is 0 Å². The largest absolute Gasteiger partial charge is 0.327 e. The highest BCUT2D eigenvalue weighted by Crippen LogP contribution is 2.56. The Labute approximate surface area is 75.7 Å². The molecule has 2 rings (SSSR count). The summed E-state index contributed by atoms with van der Waals surface area (Å²) in [6.07, 6.45) is 6.93. The molecular weight excluding hydrogens is 146 g/mol. The van der Waals surface area contributed by atoms with Gasteiger partial charge in [-0.3, -0.25) is 0 Å². The van der Waals surface area contributed by atoms with Crippen molar-refractivity contribution < 1.29 is 0 Å². The van der Waals surface area contributed by atoms with Crippen LogP contribution >= 0.6 is 0 Å². The van der Waals surface area contributed by atoms with E-state index in [1.54, 1.807) is 0 Å². The van der Waals surface area contributed by atoms with Crippen LogP contribution in [0.2, 0.25) is 0 Å². The van der Waals surface area contributed by atoms with E-state index >= 15 is 0 Å². The molecule has 0 heterocycles. The van der Waals surface area contributed by atoms with E-state index in [0.717, 1.165) is 11.8 Å². The first-order valence-electron chi connectivity index (χ1n) is 5.44. The number of fused-ring (bicyclic) bond motifs is 2. The summed E-state index contributed by atoms with van der Waals surface area (Å²) < 4.78 is 0. The smallest absolute Gasteiger partial charge is 0.0124 e. The fraction of sp³-hybridized carbons (Fsp3) is 1.00. The molecule has 0 aromatic heterocycles. The fourth-order valence-corrected chi connectivity index (χ4v) is 3.66. The van der Waals surface area contributed by atoms with Crippen LogP contribution in [0, 0.1) is 17.3 Å². The topological polar surface area (TPSA) is 26.0 Å². The molecule has 2 saturated carbocycles. The van der Waals surface area contributed by atoms with Crippen LogP contribution in [-0.2, 0) is 0 Å². The molecular formula is C11H21N. The molecule has 2 aliphatic rings. The van der Waals surface area contributed by atoms with Gasteiger partial charge in [0.15, 0.2) is 0 Å². The van der Waals surface area contributed by atoms with Crippen LogP contribution in [0.15, 0.2) is 0 Å². The molecule has 2 bridgehead atoms. The van der Waals surface area contributed by atoms with Crippen molar-refractivity contribution in [1.82, 2.24) is 0 Å². The maximum atomic E-state index is 6.28. The highest BCUT2D eigenvalue weighted by Gasteiger charge is 2.52. The lowest BCUT2D eigenvalue weighted by atomic mass is 9.69. The molecule has 2 N–H and O–H groups in total. The Hall–Kier alpha value is -0.0400. The Bertz CT molecular complexity index is 174. The molecule has 1 heteroatoms. The molecule has 1 nitrogen and oxygen atoms in total. The summed E-state index contributed by atoms with van der Waals surface area (Å²) in [5, 5.41) is 0. The fourth-order valence-electron chi connectivity index (χ4n) is 3.66. The van der Waals surface area contributed by atoms with Gasteiger partial charge in [-0.15, -0.1) is 0 Å². The van der Waals surface area contributed by atoms with E-state index in [1.165, 1.54) is 32.1 Å². The zero-order valence-corrected chi connectivity index (χ0v) is 8.34. The normalized spacial score (nSPS) is 51.8. The third kappa shape index (κ3) is 0.953. The molecule has 0 aliphatic heterocycles. The summed E-state index contributed by atoms with van der Waals surface area (Å²) in [6.45, 7) is 4.70. The monoisotopic (exact) mass is 167 g/mol. The second-order valence-electron chi connectivity index (χ2n) is 5.05. The first-order valence-corrected chi connectivity index (χ1v) is 5.44. The Morgan fingerprint density at radius 1 is 1.42 bits per heavy atom. The molecule has 0 saturated heterocycles. The van der Waals surface area contributed by atoms with Gasteiger partial charge in [-0.1, -0.05) is 20.3 Å². The van der Waals surface area contributed by atoms with Crippen molar-refractivity contribution in [3.8, 4) is 0 Å². The molecule has 0 aromatic carbocycles. The van der Waals surface area contributed by atoms with E-state index in [4.69, 9.17) is 5.73 Å². The molecule has 0 spiro atoms. The van der Waals surface area contributed by atoms with Crippen LogP contribution in [0.3, 0.4) is 0 Å². The summed E-state index contributed by atoms with van der Waals surface area (Å²) >= 11 is 0. The first-order chi connectivity index (χ1) is 5.68. The van der Waals surface area contributed by atoms with Crippen LogP contribution in [-0.4, -0.2) is 6.04 Å². The average Bonchev–Trinajstić information content (AvgIpc) is 2.57. The number of nitrogens with two attached hydrogens (primary N) is 1. The Morgan fingerprint density at radius 2 is 2.17 bits per heavy atom. The summed E-state index contributed by atoms with van der Waals surface area (Å²) in [4.78, 5) is 0. The van der Waals surface area contributed by atoms with E-state index in [1.807, 2.05) is 0 Å². The van der Waals surface area contributed by atoms with Crippen LogP contribution in [0.5, 0.6) is 0 Å². The lowest BCUT2D eigenvalue weighted by Crippen LogP contribution is -2.44. The second kappa shape index (κ2) is 2.73. The zero-order chi connectivity index (χ0) is 8.77. The van der Waals surface area contributed by atoms with E-state index in [2.05, 4.69) is 13.8 Å². The van der Waals surface area contributed by atoms with E-state index in [0.29, 0.717) is 11.5 Å². The van der Waals surface area contributed by atoms with Crippen molar-refractivity contribution in [3.63, 3.8) is 0 Å². The van der Waals surface area contributed by atoms with Crippen LogP contribution < -0.4 is 5.73 Å². The Balaban J connectivity index is 2.15. The van der Waals surface area contributed by atoms with Crippen molar-refractivity contribution in [3.05, 3.63) is 0 Å². The van der Waals surface area contributed by atoms with Gasteiger partial charge < -0.3 is 5.73 Å². The molecule has 2 aliphatic carbocycles. The molecule has 0 radical (unpaired) electrons. The van der Waals surface area contributed by atoms with Crippen molar-refractivity contribution >= 4 is 0 Å². The molecule has 2 fully saturated rings. The SMILES string of the molecule is CCC[C@@]1(C)[C@@H]2CC[C@@H](C2)[C@@H]1N. The van der Waals surface area contributed by atoms with E-state index in [-0.39, 0.29) is 0 Å². The van der Waals surface area contributed by atoms with Gasteiger partial charge in [0, 0.05) is 6.04 Å². The minimum absolute atomic E-state index is 0.498. The summed E-state index contributed by atoms with van der Waals surface area (Å²) in [7, 11) is 0. The van der Waals surface area contributed by atoms with Gasteiger partial charge in [0.2, 0.25) is 0 Å². The van der Waals surface area contributed by atoms with Crippen LogP contribution in [0.1, 0.15) is 46.0 Å². The van der Waals surface area contributed by atoms with E-state index in [9.17, 15) is 0 Å². The van der Waals surface area contributed by atoms with Crippen molar-refractivity contribution in [2.75, 3.05) is 0 Å². The summed E-state index contributed by atoms with van der Waals surface area (Å²) in [5.41, 5.74) is 6.78. The van der Waals surface area contributed by atoms with Gasteiger partial charge in [-0.05, 0) is 42.9 Å². The molecule has 4 atom stereocenters. The third-order valence-electron chi connectivity index (χ3n) is 4.46. The summed E-state index contributed by atoms with van der Waals surface area (Å²) in [5.74, 6) is 1.82. The van der Waals surface area contributed by atoms with Gasteiger partial charge in [0.05, 0.1) is 0 Å². The lowest BCUT2D eigenvalue weighted by Gasteiger charge is -2.39. The number of hydrogen-bond donors (Lipinski definition) is 1. The highest BCUT2D eigenvalue weighted by molar-refractivity contribution is 5.05. The average molecular weight is 167 g/mol. The van der Waals surface area contributed by atoms with Gasteiger partial charge >= 0.3 is 0 Å². The number of rotatable bonds is 2. The predicted molar refractivity (Wildman–Crippen MR) is 51.8 cm³/mol. The minimum Gasteiger partial charge on any atom is -0.327 e. The predicted octanol–water partition coefficient (Wildman–Crippen LogP) is 2.55. The Morgan fingerprint density at radius 3 is 2.67 bits per heavy atom. The molecule has 70 valence electrons. The highest BCUT2D eigenvalue weighted by atomic mass is 14.8. The van der Waals surface area contributed by atoms with Gasteiger partial charge in [-0.2, -0.15) is 0 Å². The maximum absolute atomic E-state index is 6.28. The standard InChI is InChI=1S/C11H21N/c1-3-6-11(2)9-5-4-8(7-9)10(11)12/h8-10H,3-7,12H2,1-2H3/t8-,9+,10-,11-/m0/s1. The van der Waals surface area contributed by atoms with Crippen LogP contribution in [0.4, 0.5) is 0 Å². The quantitative estimate of drug-likeness (QED) is 0.672. The lowest BCUT2D eigenvalue weighted by molar-refractivity contribution is 0.141.